The van der Waals surface area contributed by atoms with E-state index < -0.39 is 0 Å². The molecule has 2 rings (SSSR count). The maximum Gasteiger partial charge on any atom is 0.0552 e. The van der Waals surface area contributed by atoms with Crippen molar-refractivity contribution in [2.75, 3.05) is 39.4 Å². The third-order valence-corrected chi connectivity index (χ3v) is 4.39. The summed E-state index contributed by atoms with van der Waals surface area (Å²) in [6, 6.07) is 0. The fourth-order valence-corrected chi connectivity index (χ4v) is 3.13. The third-order valence-electron chi connectivity index (χ3n) is 4.39. The van der Waals surface area contributed by atoms with Gasteiger partial charge in [0.1, 0.15) is 0 Å². The van der Waals surface area contributed by atoms with E-state index in [2.05, 4.69) is 4.90 Å². The van der Waals surface area contributed by atoms with Crippen molar-refractivity contribution in [3.8, 4) is 0 Å². The Hall–Kier alpha value is -0.160. The van der Waals surface area contributed by atoms with Gasteiger partial charge in [0.05, 0.1) is 12.7 Å². The van der Waals surface area contributed by atoms with Crippen LogP contribution in [-0.4, -0.2) is 55.5 Å². The van der Waals surface area contributed by atoms with Crippen molar-refractivity contribution >= 4 is 0 Å². The van der Waals surface area contributed by atoms with Crippen molar-refractivity contribution in [2.24, 2.45) is 17.1 Å². The highest BCUT2D eigenvalue weighted by Gasteiger charge is 2.36. The molecule has 0 spiro atoms. The maximum absolute atomic E-state index is 9.62. The quantitative estimate of drug-likeness (QED) is 0.751. The molecule has 0 aromatic rings. The molecule has 0 bridgehead atoms. The molecule has 4 nitrogen and oxygen atoms in total. The normalized spacial score (nSPS) is 37.2. The first-order chi connectivity index (χ1) is 8.15. The minimum atomic E-state index is -0.184. The van der Waals surface area contributed by atoms with Crippen LogP contribution in [0.4, 0.5) is 0 Å². The highest BCUT2D eigenvalue weighted by atomic mass is 16.5. The van der Waals surface area contributed by atoms with E-state index in [1.807, 2.05) is 6.92 Å². The average molecular weight is 242 g/mol. The lowest BCUT2D eigenvalue weighted by atomic mass is 9.82. The van der Waals surface area contributed by atoms with E-state index in [4.69, 9.17) is 10.5 Å². The molecule has 100 valence electrons. The van der Waals surface area contributed by atoms with Crippen LogP contribution in [0.3, 0.4) is 0 Å². The molecule has 3 N–H and O–H groups in total. The van der Waals surface area contributed by atoms with Crippen LogP contribution in [0.1, 0.15) is 26.2 Å². The number of ether oxygens (including phenoxy) is 1. The van der Waals surface area contributed by atoms with Gasteiger partial charge in [-0.1, -0.05) is 0 Å². The van der Waals surface area contributed by atoms with E-state index >= 15 is 0 Å². The summed E-state index contributed by atoms with van der Waals surface area (Å²) in [5.74, 6) is 0.439. The number of likely N-dealkylation sites (tertiary alicyclic amines) is 1. The zero-order valence-corrected chi connectivity index (χ0v) is 10.9. The lowest BCUT2D eigenvalue weighted by molar-refractivity contribution is -0.0198. The Morgan fingerprint density at radius 3 is 2.94 bits per heavy atom. The molecular weight excluding hydrogens is 216 g/mol. The highest BCUT2D eigenvalue weighted by Crippen LogP contribution is 2.31. The summed E-state index contributed by atoms with van der Waals surface area (Å²) in [4.78, 5) is 2.46. The first kappa shape index (κ1) is 13.3. The largest absolute Gasteiger partial charge is 0.393 e. The van der Waals surface area contributed by atoms with Crippen LogP contribution in [0, 0.1) is 11.3 Å². The molecule has 2 fully saturated rings. The Morgan fingerprint density at radius 1 is 1.59 bits per heavy atom. The van der Waals surface area contributed by atoms with Crippen molar-refractivity contribution < 1.29 is 9.84 Å². The first-order valence-electron chi connectivity index (χ1n) is 6.83. The standard InChI is InChI=1S/C13H26N2O2/c1-11(16)12-3-5-15(7-12)9-13(8-14)4-2-6-17-10-13/h11-12,16H,2-10,14H2,1H3. The SMILES string of the molecule is CC(O)C1CCN(CC2(CN)CCCOC2)C1. The third kappa shape index (κ3) is 3.19. The number of hydrogen-bond donors (Lipinski definition) is 2. The van der Waals surface area contributed by atoms with Gasteiger partial charge in [0.25, 0.3) is 0 Å². The van der Waals surface area contributed by atoms with E-state index in [9.17, 15) is 5.11 Å². The van der Waals surface area contributed by atoms with Gasteiger partial charge in [0.15, 0.2) is 0 Å². The van der Waals surface area contributed by atoms with Gasteiger partial charge in [-0.2, -0.15) is 0 Å². The molecule has 0 amide bonds. The molecule has 0 aromatic heterocycles. The number of aliphatic hydroxyl groups excluding tert-OH is 1. The fraction of sp³-hybridized carbons (Fsp3) is 1.00. The Labute approximate surface area is 104 Å². The molecule has 0 saturated carbocycles. The summed E-state index contributed by atoms with van der Waals surface area (Å²) in [6.45, 7) is 7.44. The summed E-state index contributed by atoms with van der Waals surface area (Å²) in [5.41, 5.74) is 6.11. The summed E-state index contributed by atoms with van der Waals surface area (Å²) < 4.78 is 5.60. The predicted molar refractivity (Wildman–Crippen MR) is 67.8 cm³/mol. The second-order valence-corrected chi connectivity index (χ2v) is 5.88. The van der Waals surface area contributed by atoms with Gasteiger partial charge in [-0.05, 0) is 38.6 Å². The fourth-order valence-electron chi connectivity index (χ4n) is 3.13. The van der Waals surface area contributed by atoms with Crippen LogP contribution >= 0.6 is 0 Å². The topological polar surface area (TPSA) is 58.7 Å². The zero-order chi connectivity index (χ0) is 12.3. The highest BCUT2D eigenvalue weighted by molar-refractivity contribution is 4.89. The van der Waals surface area contributed by atoms with Crippen LogP contribution in [0.15, 0.2) is 0 Å². The lowest BCUT2D eigenvalue weighted by Gasteiger charge is -2.39. The Morgan fingerprint density at radius 2 is 2.41 bits per heavy atom. The Bertz CT molecular complexity index is 240. The molecule has 2 saturated heterocycles. The lowest BCUT2D eigenvalue weighted by Crippen LogP contribution is -2.47. The molecule has 17 heavy (non-hydrogen) atoms. The molecule has 4 heteroatoms. The molecule has 0 aliphatic carbocycles. The van der Waals surface area contributed by atoms with E-state index in [0.717, 1.165) is 45.7 Å². The molecule has 2 aliphatic rings. The minimum Gasteiger partial charge on any atom is -0.393 e. The van der Waals surface area contributed by atoms with Gasteiger partial charge in [-0.15, -0.1) is 0 Å². The van der Waals surface area contributed by atoms with Crippen LogP contribution in [0.25, 0.3) is 0 Å². The van der Waals surface area contributed by atoms with Gasteiger partial charge in [-0.25, -0.2) is 0 Å². The second kappa shape index (κ2) is 5.65. The van der Waals surface area contributed by atoms with E-state index in [0.29, 0.717) is 12.5 Å². The van der Waals surface area contributed by atoms with Crippen molar-refractivity contribution in [1.29, 1.82) is 0 Å². The van der Waals surface area contributed by atoms with Crippen molar-refractivity contribution in [3.05, 3.63) is 0 Å². The summed E-state index contributed by atoms with van der Waals surface area (Å²) >= 11 is 0. The summed E-state index contributed by atoms with van der Waals surface area (Å²) in [6.07, 6.45) is 3.24. The molecule has 0 radical (unpaired) electrons. The molecule has 3 atom stereocenters. The van der Waals surface area contributed by atoms with Crippen LogP contribution in [0.2, 0.25) is 0 Å². The molecule has 3 unspecified atom stereocenters. The van der Waals surface area contributed by atoms with Gasteiger partial charge < -0.3 is 20.5 Å². The molecule has 2 aliphatic heterocycles. The van der Waals surface area contributed by atoms with Gasteiger partial charge in [-0.3, -0.25) is 0 Å². The maximum atomic E-state index is 9.62. The van der Waals surface area contributed by atoms with Crippen LogP contribution in [0.5, 0.6) is 0 Å². The van der Waals surface area contributed by atoms with Gasteiger partial charge >= 0.3 is 0 Å². The summed E-state index contributed by atoms with van der Waals surface area (Å²) in [7, 11) is 0. The Balaban J connectivity index is 1.87. The van der Waals surface area contributed by atoms with Crippen LogP contribution in [-0.2, 0) is 4.74 Å². The van der Waals surface area contributed by atoms with E-state index in [-0.39, 0.29) is 11.5 Å². The van der Waals surface area contributed by atoms with Gasteiger partial charge in [0, 0.05) is 31.7 Å². The Kier molecular flexibility index (Phi) is 4.42. The molecular formula is C13H26N2O2. The smallest absolute Gasteiger partial charge is 0.0552 e. The predicted octanol–water partition coefficient (Wildman–Crippen LogP) is 0.445. The van der Waals surface area contributed by atoms with E-state index in [1.54, 1.807) is 0 Å². The van der Waals surface area contributed by atoms with Crippen LogP contribution < -0.4 is 5.73 Å². The van der Waals surface area contributed by atoms with Crippen molar-refractivity contribution in [1.82, 2.24) is 4.90 Å². The van der Waals surface area contributed by atoms with Crippen molar-refractivity contribution in [2.45, 2.75) is 32.3 Å². The molecule has 0 aromatic carbocycles. The zero-order valence-electron chi connectivity index (χ0n) is 10.9. The van der Waals surface area contributed by atoms with Gasteiger partial charge in [0.2, 0.25) is 0 Å². The summed E-state index contributed by atoms with van der Waals surface area (Å²) in [5, 5.41) is 9.62. The minimum absolute atomic E-state index is 0.159. The average Bonchev–Trinajstić information content (AvgIpc) is 2.79. The number of rotatable bonds is 4. The monoisotopic (exact) mass is 242 g/mol. The van der Waals surface area contributed by atoms with Crippen molar-refractivity contribution in [3.63, 3.8) is 0 Å². The number of nitrogens with zero attached hydrogens (tertiary/aromatic N) is 1. The first-order valence-corrected chi connectivity index (χ1v) is 6.83. The molecule has 2 heterocycles. The number of nitrogens with two attached hydrogens (primary N) is 1. The van der Waals surface area contributed by atoms with E-state index in [1.165, 1.54) is 6.42 Å². The number of aliphatic hydroxyl groups is 1. The number of hydrogen-bond acceptors (Lipinski definition) is 4. The second-order valence-electron chi connectivity index (χ2n) is 5.88.